The summed E-state index contributed by atoms with van der Waals surface area (Å²) < 4.78 is 0. The van der Waals surface area contributed by atoms with E-state index in [4.69, 9.17) is 0 Å². The first-order valence-corrected chi connectivity index (χ1v) is 4.06. The van der Waals surface area contributed by atoms with Crippen LogP contribution in [-0.4, -0.2) is 39.1 Å². The van der Waals surface area contributed by atoms with Crippen molar-refractivity contribution < 1.29 is 0 Å². The molecule has 2 heteroatoms. The Bertz CT molecular complexity index is 44.8. The lowest BCUT2D eigenvalue weighted by Gasteiger charge is -2.07. The SMILES string of the molecule is C.CC.CNCCCN(C)C. The Morgan fingerprint density at radius 3 is 1.91 bits per heavy atom. The molecule has 0 amide bonds. The summed E-state index contributed by atoms with van der Waals surface area (Å²) in [5.41, 5.74) is 0. The van der Waals surface area contributed by atoms with Crippen molar-refractivity contribution in [2.75, 3.05) is 34.2 Å². The first-order chi connectivity index (χ1) is 4.77. The van der Waals surface area contributed by atoms with Gasteiger partial charge in [-0.15, -0.1) is 0 Å². The minimum absolute atomic E-state index is 0. The molecule has 0 rings (SSSR count). The molecule has 0 bridgehead atoms. The summed E-state index contributed by atoms with van der Waals surface area (Å²) in [6, 6.07) is 0. The van der Waals surface area contributed by atoms with Gasteiger partial charge >= 0.3 is 0 Å². The highest BCUT2D eigenvalue weighted by Crippen LogP contribution is 1.78. The van der Waals surface area contributed by atoms with Gasteiger partial charge in [0.05, 0.1) is 0 Å². The molecular weight excluding hydrogens is 136 g/mol. The molecule has 0 unspecified atom stereocenters. The number of hydrogen-bond acceptors (Lipinski definition) is 2. The van der Waals surface area contributed by atoms with Crippen LogP contribution in [0.4, 0.5) is 0 Å². The monoisotopic (exact) mass is 162 g/mol. The van der Waals surface area contributed by atoms with E-state index in [0.717, 1.165) is 6.54 Å². The second kappa shape index (κ2) is 16.5. The Kier molecular flexibility index (Phi) is 25.7. The van der Waals surface area contributed by atoms with Crippen molar-refractivity contribution in [2.45, 2.75) is 27.7 Å². The van der Waals surface area contributed by atoms with E-state index in [1.54, 1.807) is 0 Å². The Morgan fingerprint density at radius 1 is 1.18 bits per heavy atom. The van der Waals surface area contributed by atoms with Crippen molar-refractivity contribution in [1.29, 1.82) is 0 Å². The van der Waals surface area contributed by atoms with E-state index in [9.17, 15) is 0 Å². The van der Waals surface area contributed by atoms with E-state index >= 15 is 0 Å². The zero-order valence-corrected chi connectivity index (χ0v) is 8.07. The molecule has 0 saturated carbocycles. The van der Waals surface area contributed by atoms with Gasteiger partial charge in [-0.1, -0.05) is 21.3 Å². The maximum absolute atomic E-state index is 3.10. The fourth-order valence-corrected chi connectivity index (χ4v) is 0.572. The molecule has 0 heterocycles. The average Bonchev–Trinajstić information content (AvgIpc) is 1.92. The summed E-state index contributed by atoms with van der Waals surface area (Å²) in [7, 11) is 6.17. The highest BCUT2D eigenvalue weighted by atomic mass is 15.0. The third-order valence-electron chi connectivity index (χ3n) is 1.03. The molecule has 0 aliphatic heterocycles. The van der Waals surface area contributed by atoms with E-state index in [2.05, 4.69) is 24.3 Å². The van der Waals surface area contributed by atoms with Crippen LogP contribution in [0.15, 0.2) is 0 Å². The van der Waals surface area contributed by atoms with Crippen LogP contribution in [-0.2, 0) is 0 Å². The van der Waals surface area contributed by atoms with Gasteiger partial charge in [-0.25, -0.2) is 0 Å². The molecule has 0 aliphatic rings. The van der Waals surface area contributed by atoms with Crippen molar-refractivity contribution in [3.05, 3.63) is 0 Å². The van der Waals surface area contributed by atoms with E-state index in [0.29, 0.717) is 0 Å². The number of rotatable bonds is 4. The lowest BCUT2D eigenvalue weighted by molar-refractivity contribution is 0.397. The highest BCUT2D eigenvalue weighted by Gasteiger charge is 1.85. The van der Waals surface area contributed by atoms with E-state index in [-0.39, 0.29) is 7.43 Å². The van der Waals surface area contributed by atoms with Gasteiger partial charge in [-0.3, -0.25) is 0 Å². The zero-order valence-electron chi connectivity index (χ0n) is 8.07. The van der Waals surface area contributed by atoms with E-state index in [1.165, 1.54) is 13.0 Å². The molecule has 0 aromatic carbocycles. The maximum Gasteiger partial charge on any atom is -0.00127 e. The van der Waals surface area contributed by atoms with Gasteiger partial charge < -0.3 is 10.2 Å². The van der Waals surface area contributed by atoms with Crippen molar-refractivity contribution in [3.8, 4) is 0 Å². The highest BCUT2D eigenvalue weighted by molar-refractivity contribution is 4.44. The topological polar surface area (TPSA) is 15.3 Å². The van der Waals surface area contributed by atoms with Crippen LogP contribution in [0, 0.1) is 0 Å². The molecule has 72 valence electrons. The normalized spacial score (nSPS) is 8.18. The summed E-state index contributed by atoms with van der Waals surface area (Å²) in [6.45, 7) is 6.30. The van der Waals surface area contributed by atoms with Crippen LogP contribution >= 0.6 is 0 Å². The van der Waals surface area contributed by atoms with Gasteiger partial charge in [0.1, 0.15) is 0 Å². The fraction of sp³-hybridized carbons (Fsp3) is 1.00. The first-order valence-electron chi connectivity index (χ1n) is 4.06. The van der Waals surface area contributed by atoms with Crippen LogP contribution in [0.3, 0.4) is 0 Å². The number of nitrogens with zero attached hydrogens (tertiary/aromatic N) is 1. The van der Waals surface area contributed by atoms with Gasteiger partial charge in [0.2, 0.25) is 0 Å². The van der Waals surface area contributed by atoms with Gasteiger partial charge in [-0.2, -0.15) is 0 Å². The summed E-state index contributed by atoms with van der Waals surface area (Å²) in [6.07, 6.45) is 1.24. The second-order valence-corrected chi connectivity index (χ2v) is 2.26. The standard InChI is InChI=1S/C6H16N2.C2H6.CH4/c1-7-5-4-6-8(2)3;1-2;/h7H,4-6H2,1-3H3;1-2H3;1H4. The molecule has 0 fully saturated rings. The largest absolute Gasteiger partial charge is 0.320 e. The van der Waals surface area contributed by atoms with Crippen molar-refractivity contribution in [3.63, 3.8) is 0 Å². The number of hydrogen-bond donors (Lipinski definition) is 1. The minimum Gasteiger partial charge on any atom is -0.320 e. The molecule has 1 N–H and O–H groups in total. The molecule has 0 spiro atoms. The first kappa shape index (κ1) is 17.1. The molecular formula is C9H26N2. The second-order valence-electron chi connectivity index (χ2n) is 2.26. The Balaban J connectivity index is -0.000000196. The lowest BCUT2D eigenvalue weighted by Crippen LogP contribution is -2.18. The molecule has 2 nitrogen and oxygen atoms in total. The van der Waals surface area contributed by atoms with E-state index < -0.39 is 0 Å². The van der Waals surface area contributed by atoms with Gasteiger partial charge in [0.25, 0.3) is 0 Å². The molecule has 11 heavy (non-hydrogen) atoms. The summed E-state index contributed by atoms with van der Waals surface area (Å²) in [5.74, 6) is 0. The smallest absolute Gasteiger partial charge is 0.00127 e. The van der Waals surface area contributed by atoms with Crippen LogP contribution in [0.2, 0.25) is 0 Å². The van der Waals surface area contributed by atoms with Gasteiger partial charge in [0, 0.05) is 0 Å². The summed E-state index contributed by atoms with van der Waals surface area (Å²) in [5, 5.41) is 3.10. The van der Waals surface area contributed by atoms with Crippen LogP contribution < -0.4 is 5.32 Å². The van der Waals surface area contributed by atoms with Crippen LogP contribution in [0.5, 0.6) is 0 Å². The molecule has 0 aromatic heterocycles. The molecule has 0 aliphatic carbocycles. The van der Waals surface area contributed by atoms with Crippen molar-refractivity contribution in [2.24, 2.45) is 0 Å². The van der Waals surface area contributed by atoms with Crippen molar-refractivity contribution in [1.82, 2.24) is 10.2 Å². The minimum atomic E-state index is 0. The van der Waals surface area contributed by atoms with E-state index in [1.807, 2.05) is 20.9 Å². The van der Waals surface area contributed by atoms with Gasteiger partial charge in [-0.05, 0) is 40.7 Å². The molecule has 0 atom stereocenters. The predicted octanol–water partition coefficient (Wildman–Crippen LogP) is 1.82. The summed E-state index contributed by atoms with van der Waals surface area (Å²) >= 11 is 0. The Hall–Kier alpha value is -0.0800. The molecule has 0 radical (unpaired) electrons. The fourth-order valence-electron chi connectivity index (χ4n) is 0.572. The Morgan fingerprint density at radius 2 is 1.64 bits per heavy atom. The lowest BCUT2D eigenvalue weighted by atomic mass is 10.4. The van der Waals surface area contributed by atoms with Crippen LogP contribution in [0.25, 0.3) is 0 Å². The quantitative estimate of drug-likeness (QED) is 0.634. The third kappa shape index (κ3) is 25.7. The van der Waals surface area contributed by atoms with Crippen molar-refractivity contribution >= 4 is 0 Å². The predicted molar refractivity (Wildman–Crippen MR) is 55.2 cm³/mol. The molecule has 0 saturated heterocycles. The number of nitrogens with one attached hydrogen (secondary N) is 1. The average molecular weight is 162 g/mol. The summed E-state index contributed by atoms with van der Waals surface area (Å²) in [4.78, 5) is 2.19. The van der Waals surface area contributed by atoms with Crippen LogP contribution in [0.1, 0.15) is 27.7 Å². The maximum atomic E-state index is 3.10. The third-order valence-corrected chi connectivity index (χ3v) is 1.03. The molecule has 0 aromatic rings. The Labute approximate surface area is 73.0 Å². The van der Waals surface area contributed by atoms with Gasteiger partial charge in [0.15, 0.2) is 0 Å². The zero-order chi connectivity index (χ0) is 8.41.